The summed E-state index contributed by atoms with van der Waals surface area (Å²) in [6, 6.07) is 63.8. The molecule has 0 aromatic heterocycles. The molecular formula is C45H35N. The minimum atomic E-state index is -0.135. The van der Waals surface area contributed by atoms with E-state index >= 15 is 0 Å². The number of hydrogen-bond acceptors (Lipinski definition) is 1. The zero-order chi connectivity index (χ0) is 31.1. The van der Waals surface area contributed by atoms with Crippen LogP contribution >= 0.6 is 0 Å². The van der Waals surface area contributed by atoms with Crippen molar-refractivity contribution in [2.45, 2.75) is 19.3 Å². The third-order valence-electron chi connectivity index (χ3n) is 9.44. The van der Waals surface area contributed by atoms with E-state index < -0.39 is 0 Å². The highest BCUT2D eigenvalue weighted by Gasteiger charge is 2.38. The molecule has 0 aliphatic heterocycles. The van der Waals surface area contributed by atoms with E-state index in [0.29, 0.717) is 0 Å². The summed E-state index contributed by atoms with van der Waals surface area (Å²) >= 11 is 0. The predicted octanol–water partition coefficient (Wildman–Crippen LogP) is 12.5. The van der Waals surface area contributed by atoms with Crippen LogP contribution in [-0.4, -0.2) is 0 Å². The third-order valence-corrected chi connectivity index (χ3v) is 9.44. The fourth-order valence-corrected chi connectivity index (χ4v) is 7.35. The maximum Gasteiger partial charge on any atom is 0.0540 e. The van der Waals surface area contributed by atoms with Crippen molar-refractivity contribution in [2.75, 3.05) is 4.90 Å². The van der Waals surface area contributed by atoms with Gasteiger partial charge in [-0.25, -0.2) is 0 Å². The Morgan fingerprint density at radius 2 is 0.761 bits per heavy atom. The monoisotopic (exact) mass is 589 g/mol. The Morgan fingerprint density at radius 1 is 0.370 bits per heavy atom. The summed E-state index contributed by atoms with van der Waals surface area (Å²) in [4.78, 5) is 2.48. The topological polar surface area (TPSA) is 3.24 Å². The lowest BCUT2D eigenvalue weighted by Gasteiger charge is -2.32. The minimum absolute atomic E-state index is 0.135. The summed E-state index contributed by atoms with van der Waals surface area (Å²) in [5.74, 6) is 0. The van der Waals surface area contributed by atoms with Crippen LogP contribution in [0.2, 0.25) is 0 Å². The summed E-state index contributed by atoms with van der Waals surface area (Å²) < 4.78 is 0. The molecule has 0 heterocycles. The van der Waals surface area contributed by atoms with E-state index in [1.807, 2.05) is 0 Å². The Hall–Kier alpha value is -5.66. The van der Waals surface area contributed by atoms with Crippen LogP contribution in [0.15, 0.2) is 176 Å². The molecule has 0 spiro atoms. The van der Waals surface area contributed by atoms with Crippen molar-refractivity contribution in [2.24, 2.45) is 0 Å². The first-order valence-corrected chi connectivity index (χ1v) is 16.0. The Balaban J connectivity index is 1.47. The molecule has 1 nitrogen and oxygen atoms in total. The highest BCUT2D eigenvalue weighted by atomic mass is 15.1. The Labute approximate surface area is 272 Å². The normalized spacial score (nSPS) is 12.7. The molecule has 1 aliphatic carbocycles. The van der Waals surface area contributed by atoms with Gasteiger partial charge in [-0.1, -0.05) is 166 Å². The van der Waals surface area contributed by atoms with Crippen LogP contribution in [0.25, 0.3) is 44.5 Å². The van der Waals surface area contributed by atoms with Crippen LogP contribution in [0.4, 0.5) is 17.1 Å². The fourth-order valence-electron chi connectivity index (χ4n) is 7.35. The smallest absolute Gasteiger partial charge is 0.0540 e. The molecule has 8 rings (SSSR count). The maximum absolute atomic E-state index is 2.48. The number of benzene rings is 7. The summed E-state index contributed by atoms with van der Waals surface area (Å²) in [7, 11) is 0. The molecule has 46 heavy (non-hydrogen) atoms. The molecule has 0 unspecified atom stereocenters. The Morgan fingerprint density at radius 3 is 1.28 bits per heavy atom. The molecule has 0 saturated carbocycles. The highest BCUT2D eigenvalue weighted by Crippen LogP contribution is 2.55. The number of nitrogens with zero attached hydrogens (tertiary/aromatic N) is 1. The second-order valence-corrected chi connectivity index (χ2v) is 12.6. The van der Waals surface area contributed by atoms with Gasteiger partial charge in [0.15, 0.2) is 0 Å². The Kier molecular flexibility index (Phi) is 6.88. The average Bonchev–Trinajstić information content (AvgIpc) is 3.36. The van der Waals surface area contributed by atoms with Gasteiger partial charge < -0.3 is 4.90 Å². The molecule has 7 aromatic carbocycles. The van der Waals surface area contributed by atoms with Gasteiger partial charge in [-0.15, -0.1) is 0 Å². The molecule has 0 atom stereocenters. The standard InChI is InChI=1S/C45H35N/c1-45(2)41-27-15-12-26-38(41)40-31-35(30-39(44(40)45)34-22-10-5-11-23-34)46(42-28-16-13-24-36(42)32-18-6-3-7-19-32)43-29-17-14-25-37(43)33-20-8-4-9-21-33/h3-31H,1-2H3. The first-order chi connectivity index (χ1) is 22.6. The minimum Gasteiger partial charge on any atom is -0.309 e. The lowest BCUT2D eigenvalue weighted by molar-refractivity contribution is 0.662. The lowest BCUT2D eigenvalue weighted by atomic mass is 9.78. The zero-order valence-electron chi connectivity index (χ0n) is 26.2. The molecule has 0 N–H and O–H groups in total. The highest BCUT2D eigenvalue weighted by molar-refractivity contribution is 5.98. The van der Waals surface area contributed by atoms with Gasteiger partial charge in [0.25, 0.3) is 0 Å². The van der Waals surface area contributed by atoms with Crippen molar-refractivity contribution in [1.29, 1.82) is 0 Å². The number of rotatable bonds is 6. The van der Waals surface area contributed by atoms with Crippen molar-refractivity contribution in [3.8, 4) is 44.5 Å². The van der Waals surface area contributed by atoms with Crippen molar-refractivity contribution >= 4 is 17.1 Å². The van der Waals surface area contributed by atoms with Crippen LogP contribution in [0.5, 0.6) is 0 Å². The first-order valence-electron chi connectivity index (χ1n) is 16.0. The summed E-state index contributed by atoms with van der Waals surface area (Å²) in [6.07, 6.45) is 0. The van der Waals surface area contributed by atoms with Crippen molar-refractivity contribution in [3.05, 3.63) is 187 Å². The van der Waals surface area contributed by atoms with Gasteiger partial charge >= 0.3 is 0 Å². The van der Waals surface area contributed by atoms with E-state index in [0.717, 1.165) is 17.1 Å². The molecule has 1 aliphatic rings. The van der Waals surface area contributed by atoms with Crippen LogP contribution < -0.4 is 4.90 Å². The molecule has 0 amide bonds. The van der Waals surface area contributed by atoms with Gasteiger partial charge in [0.05, 0.1) is 11.4 Å². The van der Waals surface area contributed by atoms with Gasteiger partial charge in [0, 0.05) is 22.2 Å². The second-order valence-electron chi connectivity index (χ2n) is 12.6. The molecular weight excluding hydrogens is 555 g/mol. The molecule has 0 bridgehead atoms. The van der Waals surface area contributed by atoms with Crippen molar-refractivity contribution in [1.82, 2.24) is 0 Å². The predicted molar refractivity (Wildman–Crippen MR) is 195 cm³/mol. The van der Waals surface area contributed by atoms with Crippen LogP contribution in [0.1, 0.15) is 25.0 Å². The Bertz CT molecular complexity index is 2080. The van der Waals surface area contributed by atoms with Crippen LogP contribution in [-0.2, 0) is 5.41 Å². The third kappa shape index (κ3) is 4.64. The number of fused-ring (bicyclic) bond motifs is 3. The van der Waals surface area contributed by atoms with E-state index in [1.54, 1.807) is 0 Å². The zero-order valence-corrected chi connectivity index (χ0v) is 26.2. The number of hydrogen-bond donors (Lipinski definition) is 0. The molecule has 0 radical (unpaired) electrons. The van der Waals surface area contributed by atoms with Crippen LogP contribution in [0, 0.1) is 0 Å². The maximum atomic E-state index is 2.48. The number of anilines is 3. The van der Waals surface area contributed by atoms with E-state index in [-0.39, 0.29) is 5.41 Å². The van der Waals surface area contributed by atoms with Crippen molar-refractivity contribution in [3.63, 3.8) is 0 Å². The molecule has 0 fully saturated rings. The summed E-state index contributed by atoms with van der Waals surface area (Å²) in [6.45, 7) is 4.74. The van der Waals surface area contributed by atoms with Gasteiger partial charge in [-0.2, -0.15) is 0 Å². The molecule has 0 saturated heterocycles. The molecule has 1 heteroatoms. The fraction of sp³-hybridized carbons (Fsp3) is 0.0667. The quantitative estimate of drug-likeness (QED) is 0.186. The second kappa shape index (κ2) is 11.4. The summed E-state index contributed by atoms with van der Waals surface area (Å²) in [5, 5.41) is 0. The molecule has 220 valence electrons. The molecule has 7 aromatic rings. The average molecular weight is 590 g/mol. The van der Waals surface area contributed by atoms with E-state index in [1.165, 1.54) is 55.6 Å². The SMILES string of the molecule is CC1(C)c2ccccc2-c2cc(N(c3ccccc3-c3ccccc3)c3ccccc3-c3ccccc3)cc(-c3ccccc3)c21. The van der Waals surface area contributed by atoms with Crippen LogP contribution in [0.3, 0.4) is 0 Å². The van der Waals surface area contributed by atoms with Gasteiger partial charge in [0.2, 0.25) is 0 Å². The number of para-hydroxylation sites is 2. The van der Waals surface area contributed by atoms with E-state index in [9.17, 15) is 0 Å². The van der Waals surface area contributed by atoms with Gasteiger partial charge in [-0.05, 0) is 68.8 Å². The van der Waals surface area contributed by atoms with E-state index in [2.05, 4.69) is 195 Å². The lowest BCUT2D eigenvalue weighted by Crippen LogP contribution is -2.17. The van der Waals surface area contributed by atoms with Gasteiger partial charge in [0.1, 0.15) is 0 Å². The van der Waals surface area contributed by atoms with E-state index in [4.69, 9.17) is 0 Å². The van der Waals surface area contributed by atoms with Gasteiger partial charge in [-0.3, -0.25) is 0 Å². The summed E-state index contributed by atoms with van der Waals surface area (Å²) in [5.41, 5.74) is 15.9. The van der Waals surface area contributed by atoms with Crippen molar-refractivity contribution < 1.29 is 0 Å². The first kappa shape index (κ1) is 27.9. The largest absolute Gasteiger partial charge is 0.309 e.